The summed E-state index contributed by atoms with van der Waals surface area (Å²) in [5, 5.41) is 3.99. The summed E-state index contributed by atoms with van der Waals surface area (Å²) >= 11 is 0. The first-order valence-electron chi connectivity index (χ1n) is 9.53. The van der Waals surface area contributed by atoms with Gasteiger partial charge < -0.3 is 16.0 Å². The van der Waals surface area contributed by atoms with Gasteiger partial charge in [0.15, 0.2) is 0 Å². The van der Waals surface area contributed by atoms with Crippen LogP contribution in [0.1, 0.15) is 34.8 Å². The van der Waals surface area contributed by atoms with Crippen molar-refractivity contribution in [2.24, 2.45) is 11.5 Å². The summed E-state index contributed by atoms with van der Waals surface area (Å²) in [7, 11) is 0. The van der Waals surface area contributed by atoms with Gasteiger partial charge in [0, 0.05) is 17.3 Å². The molecule has 1 aliphatic carbocycles. The second-order valence-electron chi connectivity index (χ2n) is 7.65. The fraction of sp³-hybridized carbons (Fsp3) is 0.190. The predicted molar refractivity (Wildman–Crippen MR) is 107 cm³/mol. The molecular formula is C21H17FN6O3. The number of nitrogens with two attached hydrogens (primary N) is 2. The molecule has 3 heterocycles. The van der Waals surface area contributed by atoms with Gasteiger partial charge in [-0.15, -0.1) is 0 Å². The average molecular weight is 420 g/mol. The standard InChI is InChI=1S/C21H17FN6O3/c1-10-2-3-11(18-26-20(31-27-18)21(6-7-21)19(24)30)8-13(10)15-16(17(23)29)28-9-12(22)4-5-14(28)25-15/h2-5,8-9H,6-7H2,1H3,(H2,23,29)(H2,24,30). The van der Waals surface area contributed by atoms with Gasteiger partial charge in [-0.2, -0.15) is 4.98 Å². The number of imidazole rings is 1. The van der Waals surface area contributed by atoms with Crippen LogP contribution in [0.5, 0.6) is 0 Å². The molecule has 4 aromatic rings. The number of pyridine rings is 1. The Morgan fingerprint density at radius 1 is 1.16 bits per heavy atom. The van der Waals surface area contributed by atoms with Crippen LogP contribution in [0, 0.1) is 12.7 Å². The predicted octanol–water partition coefficient (Wildman–Crippen LogP) is 2.11. The Kier molecular flexibility index (Phi) is 3.94. The number of amides is 2. The molecule has 5 rings (SSSR count). The van der Waals surface area contributed by atoms with Gasteiger partial charge in [0.05, 0.1) is 0 Å². The maximum atomic E-state index is 13.8. The van der Waals surface area contributed by atoms with Crippen molar-refractivity contribution in [1.29, 1.82) is 0 Å². The number of fused-ring (bicyclic) bond motifs is 1. The molecule has 1 saturated carbocycles. The highest BCUT2D eigenvalue weighted by atomic mass is 19.1. The molecule has 0 aliphatic heterocycles. The molecule has 0 radical (unpaired) electrons. The van der Waals surface area contributed by atoms with Crippen molar-refractivity contribution in [3.8, 4) is 22.6 Å². The lowest BCUT2D eigenvalue weighted by Crippen LogP contribution is -2.28. The first kappa shape index (κ1) is 18.9. The number of carbonyl (C=O) groups excluding carboxylic acids is 2. The van der Waals surface area contributed by atoms with Gasteiger partial charge in [-0.1, -0.05) is 17.3 Å². The molecule has 1 fully saturated rings. The van der Waals surface area contributed by atoms with Crippen LogP contribution in [0.15, 0.2) is 41.1 Å². The molecule has 0 saturated heterocycles. The van der Waals surface area contributed by atoms with Crippen LogP contribution in [0.3, 0.4) is 0 Å². The lowest BCUT2D eigenvalue weighted by atomic mass is 10.0. The van der Waals surface area contributed by atoms with Gasteiger partial charge in [0.2, 0.25) is 17.6 Å². The third kappa shape index (κ3) is 2.87. The van der Waals surface area contributed by atoms with Crippen molar-refractivity contribution in [3.63, 3.8) is 0 Å². The van der Waals surface area contributed by atoms with E-state index in [0.717, 1.165) is 11.8 Å². The minimum Gasteiger partial charge on any atom is -0.369 e. The van der Waals surface area contributed by atoms with E-state index in [1.807, 2.05) is 13.0 Å². The van der Waals surface area contributed by atoms with E-state index in [4.69, 9.17) is 16.0 Å². The monoisotopic (exact) mass is 420 g/mol. The van der Waals surface area contributed by atoms with E-state index >= 15 is 0 Å². The number of hydrogen-bond acceptors (Lipinski definition) is 6. The normalized spacial score (nSPS) is 14.6. The van der Waals surface area contributed by atoms with E-state index < -0.39 is 23.0 Å². The minimum atomic E-state index is -0.885. The lowest BCUT2D eigenvalue weighted by molar-refractivity contribution is -0.121. The van der Waals surface area contributed by atoms with Crippen molar-refractivity contribution in [2.75, 3.05) is 0 Å². The number of rotatable bonds is 5. The van der Waals surface area contributed by atoms with Crippen LogP contribution in [-0.4, -0.2) is 31.3 Å². The molecule has 4 N–H and O–H groups in total. The van der Waals surface area contributed by atoms with E-state index in [1.54, 1.807) is 12.1 Å². The number of benzene rings is 1. The van der Waals surface area contributed by atoms with E-state index in [2.05, 4.69) is 15.1 Å². The van der Waals surface area contributed by atoms with Gasteiger partial charge in [-0.3, -0.25) is 14.0 Å². The Hall–Kier alpha value is -4.08. The number of aryl methyl sites for hydroxylation is 1. The highest BCUT2D eigenvalue weighted by molar-refractivity contribution is 5.99. The summed E-state index contributed by atoms with van der Waals surface area (Å²) in [6.45, 7) is 1.85. The summed E-state index contributed by atoms with van der Waals surface area (Å²) in [6, 6.07) is 8.08. The van der Waals surface area contributed by atoms with E-state index in [9.17, 15) is 14.0 Å². The van der Waals surface area contributed by atoms with Crippen LogP contribution in [-0.2, 0) is 10.2 Å². The number of hydrogen-bond donors (Lipinski definition) is 2. The van der Waals surface area contributed by atoms with Gasteiger partial charge in [0.1, 0.15) is 28.3 Å². The molecule has 0 atom stereocenters. The second-order valence-corrected chi connectivity index (χ2v) is 7.65. The van der Waals surface area contributed by atoms with Crippen LogP contribution < -0.4 is 11.5 Å². The smallest absolute Gasteiger partial charge is 0.268 e. The molecule has 1 aliphatic rings. The first-order valence-corrected chi connectivity index (χ1v) is 9.53. The largest absolute Gasteiger partial charge is 0.369 e. The molecule has 156 valence electrons. The third-order valence-corrected chi connectivity index (χ3v) is 5.62. The third-order valence-electron chi connectivity index (χ3n) is 5.62. The van der Waals surface area contributed by atoms with E-state index in [0.29, 0.717) is 35.3 Å². The molecule has 3 aromatic heterocycles. The summed E-state index contributed by atoms with van der Waals surface area (Å²) in [5.74, 6) is -1.28. The molecule has 0 unspecified atom stereocenters. The fourth-order valence-corrected chi connectivity index (χ4v) is 3.68. The fourth-order valence-electron chi connectivity index (χ4n) is 3.68. The van der Waals surface area contributed by atoms with Crippen molar-refractivity contribution in [2.45, 2.75) is 25.2 Å². The Balaban J connectivity index is 1.64. The zero-order valence-electron chi connectivity index (χ0n) is 16.4. The molecule has 9 nitrogen and oxygen atoms in total. The van der Waals surface area contributed by atoms with Crippen molar-refractivity contribution < 1.29 is 18.5 Å². The molecule has 0 bridgehead atoms. The Bertz CT molecular complexity index is 1390. The number of primary amides is 2. The Labute approximate surface area is 174 Å². The molecular weight excluding hydrogens is 403 g/mol. The lowest BCUT2D eigenvalue weighted by Gasteiger charge is -2.07. The number of carbonyl (C=O) groups is 2. The molecule has 1 aromatic carbocycles. The average Bonchev–Trinajstić information content (AvgIpc) is 3.24. The summed E-state index contributed by atoms with van der Waals surface area (Å²) in [5.41, 5.74) is 13.0. The van der Waals surface area contributed by atoms with Crippen molar-refractivity contribution in [1.82, 2.24) is 19.5 Å². The Morgan fingerprint density at radius 2 is 1.94 bits per heavy atom. The molecule has 10 heteroatoms. The zero-order chi connectivity index (χ0) is 21.9. The highest BCUT2D eigenvalue weighted by Crippen LogP contribution is 2.47. The van der Waals surface area contributed by atoms with Crippen molar-refractivity contribution in [3.05, 3.63) is 59.5 Å². The SMILES string of the molecule is Cc1ccc(-c2noc(C3(C(N)=O)CC3)n2)cc1-c1nc2ccc(F)cn2c1C(N)=O. The second kappa shape index (κ2) is 6.46. The van der Waals surface area contributed by atoms with Crippen LogP contribution >= 0.6 is 0 Å². The van der Waals surface area contributed by atoms with E-state index in [1.165, 1.54) is 16.5 Å². The van der Waals surface area contributed by atoms with Crippen LogP contribution in [0.2, 0.25) is 0 Å². The Morgan fingerprint density at radius 3 is 2.61 bits per heavy atom. The maximum absolute atomic E-state index is 13.8. The van der Waals surface area contributed by atoms with Gasteiger partial charge in [0.25, 0.3) is 5.91 Å². The molecule has 0 spiro atoms. The number of halogens is 1. The number of aromatic nitrogens is 4. The maximum Gasteiger partial charge on any atom is 0.268 e. The molecule has 2 amide bonds. The zero-order valence-corrected chi connectivity index (χ0v) is 16.4. The first-order chi connectivity index (χ1) is 14.8. The van der Waals surface area contributed by atoms with Crippen molar-refractivity contribution >= 4 is 17.5 Å². The van der Waals surface area contributed by atoms with Gasteiger partial charge in [-0.25, -0.2) is 9.37 Å². The van der Waals surface area contributed by atoms with Gasteiger partial charge >= 0.3 is 0 Å². The minimum absolute atomic E-state index is 0.0641. The topological polar surface area (TPSA) is 142 Å². The van der Waals surface area contributed by atoms with Gasteiger partial charge in [-0.05, 0) is 43.5 Å². The quantitative estimate of drug-likeness (QED) is 0.506. The molecule has 31 heavy (non-hydrogen) atoms. The highest BCUT2D eigenvalue weighted by Gasteiger charge is 2.55. The summed E-state index contributed by atoms with van der Waals surface area (Å²) < 4.78 is 20.4. The van der Waals surface area contributed by atoms with E-state index in [-0.39, 0.29) is 17.4 Å². The summed E-state index contributed by atoms with van der Waals surface area (Å²) in [4.78, 5) is 32.8. The van der Waals surface area contributed by atoms with Crippen LogP contribution in [0.4, 0.5) is 4.39 Å². The number of nitrogens with zero attached hydrogens (tertiary/aromatic N) is 4. The summed E-state index contributed by atoms with van der Waals surface area (Å²) in [6.07, 6.45) is 2.31. The van der Waals surface area contributed by atoms with Crippen LogP contribution in [0.25, 0.3) is 28.3 Å².